The fourth-order valence-corrected chi connectivity index (χ4v) is 2.86. The molecule has 4 nitrogen and oxygen atoms in total. The van der Waals surface area contributed by atoms with Crippen molar-refractivity contribution in [2.75, 3.05) is 13.2 Å². The molecule has 1 aliphatic heterocycles. The smallest absolute Gasteiger partial charge is 0.249 e. The molecule has 1 saturated carbocycles. The van der Waals surface area contributed by atoms with E-state index in [1.165, 1.54) is 12.8 Å². The first-order valence-electron chi connectivity index (χ1n) is 6.98. The molecule has 1 saturated heterocycles. The van der Waals surface area contributed by atoms with Gasteiger partial charge in [0.05, 0.1) is 12.2 Å². The number of hydrogen-bond acceptors (Lipinski definition) is 3. The van der Waals surface area contributed by atoms with Crippen LogP contribution < -0.4 is 11.1 Å². The van der Waals surface area contributed by atoms with Crippen LogP contribution in [0.4, 0.5) is 0 Å². The van der Waals surface area contributed by atoms with E-state index in [1.807, 2.05) is 18.2 Å². The minimum atomic E-state index is -0.371. The quantitative estimate of drug-likeness (QED) is 0.844. The minimum Gasteiger partial charge on any atom is -0.369 e. The summed E-state index contributed by atoms with van der Waals surface area (Å²) < 4.78 is 6.13. The fourth-order valence-electron chi connectivity index (χ4n) is 2.86. The lowest BCUT2D eigenvalue weighted by molar-refractivity contribution is 0.0183. The average molecular weight is 260 g/mol. The third-order valence-corrected chi connectivity index (χ3v) is 4.11. The van der Waals surface area contributed by atoms with Gasteiger partial charge >= 0.3 is 0 Å². The van der Waals surface area contributed by atoms with Crippen molar-refractivity contribution in [2.45, 2.75) is 37.3 Å². The number of ether oxygens (including phenoxy) is 1. The monoisotopic (exact) mass is 260 g/mol. The van der Waals surface area contributed by atoms with Gasteiger partial charge in [0, 0.05) is 11.6 Å². The van der Waals surface area contributed by atoms with Crippen LogP contribution in [-0.4, -0.2) is 25.1 Å². The Balaban J connectivity index is 1.75. The van der Waals surface area contributed by atoms with E-state index < -0.39 is 0 Å². The van der Waals surface area contributed by atoms with Crippen molar-refractivity contribution in [1.29, 1.82) is 0 Å². The zero-order valence-corrected chi connectivity index (χ0v) is 11.0. The predicted octanol–water partition coefficient (Wildman–Crippen LogP) is 1.54. The van der Waals surface area contributed by atoms with Crippen LogP contribution in [0.25, 0.3) is 0 Å². The van der Waals surface area contributed by atoms with Crippen LogP contribution in [-0.2, 0) is 10.3 Å². The van der Waals surface area contributed by atoms with Crippen LogP contribution >= 0.6 is 0 Å². The minimum absolute atomic E-state index is 0.268. The number of carbonyl (C=O) groups is 1. The van der Waals surface area contributed by atoms with E-state index >= 15 is 0 Å². The second kappa shape index (κ2) is 4.94. The summed E-state index contributed by atoms with van der Waals surface area (Å²) in [6, 6.07) is 8.00. The van der Waals surface area contributed by atoms with Gasteiger partial charge in [0.2, 0.25) is 5.91 Å². The number of hydrogen-bond donors (Lipinski definition) is 2. The molecule has 1 heterocycles. The zero-order chi connectivity index (χ0) is 13.3. The van der Waals surface area contributed by atoms with E-state index in [0.717, 1.165) is 24.9 Å². The highest BCUT2D eigenvalue weighted by Gasteiger charge is 2.47. The SMILES string of the molecule is NC(=O)c1ccccc1C1(OCC2CCCN2)CC1. The van der Waals surface area contributed by atoms with E-state index in [1.54, 1.807) is 6.07 Å². The van der Waals surface area contributed by atoms with Crippen LogP contribution in [0.2, 0.25) is 0 Å². The van der Waals surface area contributed by atoms with E-state index in [2.05, 4.69) is 5.32 Å². The first kappa shape index (κ1) is 12.6. The van der Waals surface area contributed by atoms with Crippen LogP contribution in [0.15, 0.2) is 24.3 Å². The normalized spacial score (nSPS) is 24.3. The molecule has 0 bridgehead atoms. The molecule has 1 aromatic rings. The first-order valence-corrected chi connectivity index (χ1v) is 6.98. The van der Waals surface area contributed by atoms with Crippen molar-refractivity contribution in [3.63, 3.8) is 0 Å². The predicted molar refractivity (Wildman–Crippen MR) is 72.8 cm³/mol. The van der Waals surface area contributed by atoms with Crippen molar-refractivity contribution in [2.24, 2.45) is 5.73 Å². The molecule has 1 aliphatic carbocycles. The lowest BCUT2D eigenvalue weighted by Crippen LogP contribution is -2.30. The van der Waals surface area contributed by atoms with Crippen LogP contribution in [0.1, 0.15) is 41.6 Å². The molecule has 0 radical (unpaired) electrons. The van der Waals surface area contributed by atoms with E-state index in [9.17, 15) is 4.79 Å². The summed E-state index contributed by atoms with van der Waals surface area (Å²) in [4.78, 5) is 11.5. The van der Waals surface area contributed by atoms with Crippen molar-refractivity contribution in [1.82, 2.24) is 5.32 Å². The number of rotatable bonds is 5. The molecule has 19 heavy (non-hydrogen) atoms. The standard InChI is InChI=1S/C15H20N2O2/c16-14(18)12-5-1-2-6-13(12)15(7-8-15)19-10-11-4-3-9-17-11/h1-2,5-6,11,17H,3-4,7-10H2,(H2,16,18). The fraction of sp³-hybridized carbons (Fsp3) is 0.533. The van der Waals surface area contributed by atoms with E-state index in [4.69, 9.17) is 10.5 Å². The van der Waals surface area contributed by atoms with Crippen molar-refractivity contribution in [3.05, 3.63) is 35.4 Å². The van der Waals surface area contributed by atoms with E-state index in [0.29, 0.717) is 18.2 Å². The van der Waals surface area contributed by atoms with Gasteiger partial charge in [-0.15, -0.1) is 0 Å². The molecule has 4 heteroatoms. The third kappa shape index (κ3) is 2.51. The number of nitrogens with one attached hydrogen (secondary N) is 1. The molecule has 0 aromatic heterocycles. The van der Waals surface area contributed by atoms with Crippen LogP contribution in [0.5, 0.6) is 0 Å². The Morgan fingerprint density at radius 1 is 1.42 bits per heavy atom. The summed E-state index contributed by atoms with van der Waals surface area (Å²) in [5.41, 5.74) is 6.74. The lowest BCUT2D eigenvalue weighted by Gasteiger charge is -2.21. The van der Waals surface area contributed by atoms with Crippen molar-refractivity contribution < 1.29 is 9.53 Å². The maximum atomic E-state index is 11.5. The average Bonchev–Trinajstić information content (AvgIpc) is 3.03. The Kier molecular flexibility index (Phi) is 3.29. The number of primary amides is 1. The highest BCUT2D eigenvalue weighted by atomic mass is 16.5. The molecule has 102 valence electrons. The number of benzene rings is 1. The van der Waals surface area contributed by atoms with Gasteiger partial charge < -0.3 is 15.8 Å². The number of amides is 1. The molecule has 2 aliphatic rings. The molecule has 0 spiro atoms. The molecule has 1 unspecified atom stereocenters. The molecule has 3 N–H and O–H groups in total. The summed E-state index contributed by atoms with van der Waals surface area (Å²) in [5, 5.41) is 3.43. The molecule has 3 rings (SSSR count). The molecule has 1 atom stereocenters. The third-order valence-electron chi connectivity index (χ3n) is 4.11. The summed E-state index contributed by atoms with van der Waals surface area (Å²) in [7, 11) is 0. The summed E-state index contributed by atoms with van der Waals surface area (Å²) in [6.45, 7) is 1.80. The Morgan fingerprint density at radius 3 is 2.84 bits per heavy atom. The van der Waals surface area contributed by atoms with Crippen molar-refractivity contribution in [3.8, 4) is 0 Å². The van der Waals surface area contributed by atoms with Crippen LogP contribution in [0, 0.1) is 0 Å². The Morgan fingerprint density at radius 2 is 2.21 bits per heavy atom. The molecule has 2 fully saturated rings. The highest BCUT2D eigenvalue weighted by molar-refractivity contribution is 5.94. The van der Waals surface area contributed by atoms with Gasteiger partial charge in [-0.05, 0) is 43.9 Å². The Bertz CT molecular complexity index is 477. The van der Waals surface area contributed by atoms with Gasteiger partial charge in [0.1, 0.15) is 0 Å². The Hall–Kier alpha value is -1.39. The van der Waals surface area contributed by atoms with Crippen LogP contribution in [0.3, 0.4) is 0 Å². The summed E-state index contributed by atoms with van der Waals surface area (Å²) in [6.07, 6.45) is 4.35. The molecule has 1 aromatic carbocycles. The first-order chi connectivity index (χ1) is 9.21. The van der Waals surface area contributed by atoms with Gasteiger partial charge in [-0.25, -0.2) is 0 Å². The molecular weight excluding hydrogens is 240 g/mol. The number of nitrogens with two attached hydrogens (primary N) is 1. The van der Waals surface area contributed by atoms with Gasteiger partial charge in [-0.2, -0.15) is 0 Å². The van der Waals surface area contributed by atoms with E-state index in [-0.39, 0.29) is 11.5 Å². The summed E-state index contributed by atoms with van der Waals surface area (Å²) >= 11 is 0. The largest absolute Gasteiger partial charge is 0.369 e. The van der Waals surface area contributed by atoms with Gasteiger partial charge in [0.25, 0.3) is 0 Å². The highest BCUT2D eigenvalue weighted by Crippen LogP contribution is 2.50. The number of carbonyl (C=O) groups excluding carboxylic acids is 1. The molecule has 1 amide bonds. The topological polar surface area (TPSA) is 64.4 Å². The zero-order valence-electron chi connectivity index (χ0n) is 11.0. The second-order valence-electron chi connectivity index (χ2n) is 5.51. The second-order valence-corrected chi connectivity index (χ2v) is 5.51. The summed E-state index contributed by atoms with van der Waals surface area (Å²) in [5.74, 6) is -0.371. The maximum absolute atomic E-state index is 11.5. The van der Waals surface area contributed by atoms with Gasteiger partial charge in [-0.3, -0.25) is 4.79 Å². The van der Waals surface area contributed by atoms with Gasteiger partial charge in [0.15, 0.2) is 0 Å². The molecular formula is C15H20N2O2. The van der Waals surface area contributed by atoms with Gasteiger partial charge in [-0.1, -0.05) is 18.2 Å². The lowest BCUT2D eigenvalue weighted by atomic mass is 10.00. The Labute approximate surface area is 113 Å². The van der Waals surface area contributed by atoms with Crippen molar-refractivity contribution >= 4 is 5.91 Å². The maximum Gasteiger partial charge on any atom is 0.249 e.